The zero-order valence-electron chi connectivity index (χ0n) is 10.4. The van der Waals surface area contributed by atoms with E-state index in [0.29, 0.717) is 29.9 Å². The van der Waals surface area contributed by atoms with Crippen LogP contribution in [0.3, 0.4) is 0 Å². The second-order valence-corrected chi connectivity index (χ2v) is 3.89. The summed E-state index contributed by atoms with van der Waals surface area (Å²) in [4.78, 5) is 13.4. The Kier molecular flexibility index (Phi) is 4.28. The van der Waals surface area contributed by atoms with Crippen LogP contribution < -0.4 is 4.90 Å². The fourth-order valence-corrected chi connectivity index (χ4v) is 1.69. The monoisotopic (exact) mass is 233 g/mol. The molecule has 1 aromatic carbocycles. The van der Waals surface area contributed by atoms with E-state index >= 15 is 0 Å². The van der Waals surface area contributed by atoms with Crippen molar-refractivity contribution in [1.29, 1.82) is 0 Å². The van der Waals surface area contributed by atoms with Crippen LogP contribution in [-0.4, -0.2) is 18.9 Å². The SMILES string of the molecule is C#CCN(CC)c1cc(C)c(F)cc1C(C)=O. The first kappa shape index (κ1) is 13.2. The summed E-state index contributed by atoms with van der Waals surface area (Å²) >= 11 is 0. The van der Waals surface area contributed by atoms with Crippen molar-refractivity contribution in [2.45, 2.75) is 20.8 Å². The van der Waals surface area contributed by atoms with E-state index in [4.69, 9.17) is 6.42 Å². The van der Waals surface area contributed by atoms with Gasteiger partial charge in [0.25, 0.3) is 0 Å². The number of rotatable bonds is 4. The molecule has 0 spiro atoms. The van der Waals surface area contributed by atoms with Gasteiger partial charge in [-0.2, -0.15) is 0 Å². The van der Waals surface area contributed by atoms with Gasteiger partial charge in [0.15, 0.2) is 5.78 Å². The smallest absolute Gasteiger partial charge is 0.161 e. The molecule has 0 aromatic heterocycles. The molecule has 0 amide bonds. The zero-order valence-corrected chi connectivity index (χ0v) is 10.4. The van der Waals surface area contributed by atoms with Crippen molar-refractivity contribution in [1.82, 2.24) is 0 Å². The van der Waals surface area contributed by atoms with Gasteiger partial charge in [0.1, 0.15) is 5.82 Å². The fraction of sp³-hybridized carbons (Fsp3) is 0.357. The summed E-state index contributed by atoms with van der Waals surface area (Å²) in [6.45, 7) is 6.13. The van der Waals surface area contributed by atoms with E-state index in [2.05, 4.69) is 5.92 Å². The topological polar surface area (TPSA) is 20.3 Å². The van der Waals surface area contributed by atoms with Crippen molar-refractivity contribution in [2.75, 3.05) is 18.0 Å². The maximum Gasteiger partial charge on any atom is 0.161 e. The number of terminal acetylenes is 1. The van der Waals surface area contributed by atoms with Crippen molar-refractivity contribution in [3.8, 4) is 12.3 Å². The number of carbonyl (C=O) groups excluding carboxylic acids is 1. The highest BCUT2D eigenvalue weighted by molar-refractivity contribution is 6.00. The summed E-state index contributed by atoms with van der Waals surface area (Å²) in [5.41, 5.74) is 1.60. The van der Waals surface area contributed by atoms with Crippen LogP contribution in [0.5, 0.6) is 0 Å². The third-order valence-corrected chi connectivity index (χ3v) is 2.66. The third-order valence-electron chi connectivity index (χ3n) is 2.66. The van der Waals surface area contributed by atoms with Gasteiger partial charge in [-0.3, -0.25) is 4.79 Å². The van der Waals surface area contributed by atoms with E-state index in [-0.39, 0.29) is 11.6 Å². The lowest BCUT2D eigenvalue weighted by atomic mass is 10.0. The molecule has 1 rings (SSSR count). The predicted molar refractivity (Wildman–Crippen MR) is 67.9 cm³/mol. The molecule has 0 bridgehead atoms. The molecular formula is C14H16FNO. The highest BCUT2D eigenvalue weighted by Gasteiger charge is 2.15. The molecule has 3 heteroatoms. The van der Waals surface area contributed by atoms with Crippen molar-refractivity contribution in [3.63, 3.8) is 0 Å². The van der Waals surface area contributed by atoms with Gasteiger partial charge >= 0.3 is 0 Å². The van der Waals surface area contributed by atoms with Gasteiger partial charge in [0.2, 0.25) is 0 Å². The Bertz CT molecular complexity index is 474. The van der Waals surface area contributed by atoms with Crippen LogP contribution in [-0.2, 0) is 0 Å². The van der Waals surface area contributed by atoms with E-state index in [1.165, 1.54) is 13.0 Å². The predicted octanol–water partition coefficient (Wildman–Crippen LogP) is 2.80. The summed E-state index contributed by atoms with van der Waals surface area (Å²) in [5.74, 6) is 2.02. The number of Topliss-reactive ketones (excluding diaryl/α,β-unsaturated/α-hetero) is 1. The lowest BCUT2D eigenvalue weighted by molar-refractivity contribution is 0.101. The Morgan fingerprint density at radius 2 is 2.18 bits per heavy atom. The largest absolute Gasteiger partial charge is 0.360 e. The molecule has 0 atom stereocenters. The van der Waals surface area contributed by atoms with Crippen LogP contribution in [0.25, 0.3) is 0 Å². The normalized spacial score (nSPS) is 9.82. The molecule has 17 heavy (non-hydrogen) atoms. The fourth-order valence-electron chi connectivity index (χ4n) is 1.69. The Balaban J connectivity index is 3.34. The molecule has 0 aliphatic heterocycles. The lowest BCUT2D eigenvalue weighted by Crippen LogP contribution is -2.25. The standard InChI is InChI=1S/C14H16FNO/c1-5-7-16(6-2)14-8-10(3)13(15)9-12(14)11(4)17/h1,8-9H,6-7H2,2-4H3. The average molecular weight is 233 g/mol. The van der Waals surface area contributed by atoms with Gasteiger partial charge in [0, 0.05) is 17.8 Å². The maximum atomic E-state index is 13.5. The van der Waals surface area contributed by atoms with Crippen LogP contribution in [0.2, 0.25) is 0 Å². The van der Waals surface area contributed by atoms with Crippen molar-refractivity contribution >= 4 is 11.5 Å². The summed E-state index contributed by atoms with van der Waals surface area (Å²) in [6, 6.07) is 2.96. The van der Waals surface area contributed by atoms with E-state index in [9.17, 15) is 9.18 Å². The summed E-state index contributed by atoms with van der Waals surface area (Å²) in [6.07, 6.45) is 5.29. The van der Waals surface area contributed by atoms with Crippen LogP contribution in [0.4, 0.5) is 10.1 Å². The highest BCUT2D eigenvalue weighted by atomic mass is 19.1. The lowest BCUT2D eigenvalue weighted by Gasteiger charge is -2.23. The molecular weight excluding hydrogens is 217 g/mol. The molecule has 1 aromatic rings. The van der Waals surface area contributed by atoms with Crippen molar-refractivity contribution in [2.24, 2.45) is 0 Å². The molecule has 0 fully saturated rings. The van der Waals surface area contributed by atoms with Gasteiger partial charge in [-0.15, -0.1) is 6.42 Å². The van der Waals surface area contributed by atoms with Gasteiger partial charge in [0.05, 0.1) is 6.54 Å². The maximum absolute atomic E-state index is 13.5. The van der Waals surface area contributed by atoms with E-state index < -0.39 is 0 Å². The molecule has 0 saturated carbocycles. The summed E-state index contributed by atoms with van der Waals surface area (Å²) < 4.78 is 13.5. The minimum atomic E-state index is -0.365. The first-order valence-electron chi connectivity index (χ1n) is 5.50. The molecule has 0 aliphatic carbocycles. The molecule has 0 N–H and O–H groups in total. The van der Waals surface area contributed by atoms with E-state index in [1.54, 1.807) is 13.0 Å². The zero-order chi connectivity index (χ0) is 13.0. The Hall–Kier alpha value is -1.82. The van der Waals surface area contributed by atoms with Gasteiger partial charge in [-0.05, 0) is 38.5 Å². The summed E-state index contributed by atoms with van der Waals surface area (Å²) in [7, 11) is 0. The number of halogens is 1. The van der Waals surface area contributed by atoms with E-state index in [1.807, 2.05) is 11.8 Å². The number of carbonyl (C=O) groups is 1. The Morgan fingerprint density at radius 1 is 1.53 bits per heavy atom. The minimum absolute atomic E-state index is 0.158. The highest BCUT2D eigenvalue weighted by Crippen LogP contribution is 2.24. The van der Waals surface area contributed by atoms with Crippen LogP contribution in [0, 0.1) is 25.1 Å². The van der Waals surface area contributed by atoms with Gasteiger partial charge in [-0.25, -0.2) is 4.39 Å². The van der Waals surface area contributed by atoms with E-state index in [0.717, 1.165) is 0 Å². The average Bonchev–Trinajstić information content (AvgIpc) is 2.29. The minimum Gasteiger partial charge on any atom is -0.360 e. The molecule has 2 nitrogen and oxygen atoms in total. The first-order chi connectivity index (χ1) is 8.01. The van der Waals surface area contributed by atoms with Crippen LogP contribution >= 0.6 is 0 Å². The number of hydrogen-bond donors (Lipinski definition) is 0. The van der Waals surface area contributed by atoms with Crippen molar-refractivity contribution in [3.05, 3.63) is 29.1 Å². The first-order valence-corrected chi connectivity index (χ1v) is 5.50. The number of benzene rings is 1. The third kappa shape index (κ3) is 2.85. The molecule has 90 valence electrons. The number of anilines is 1. The number of ketones is 1. The molecule has 0 radical (unpaired) electrons. The number of nitrogens with zero attached hydrogens (tertiary/aromatic N) is 1. The van der Waals surface area contributed by atoms with Crippen LogP contribution in [0.1, 0.15) is 29.8 Å². The molecule has 0 unspecified atom stereocenters. The molecule has 0 saturated heterocycles. The molecule has 0 heterocycles. The van der Waals surface area contributed by atoms with Crippen LogP contribution in [0.15, 0.2) is 12.1 Å². The number of aryl methyl sites for hydroxylation is 1. The summed E-state index contributed by atoms with van der Waals surface area (Å²) in [5, 5.41) is 0. The Labute approximate surface area is 101 Å². The second-order valence-electron chi connectivity index (χ2n) is 3.89. The molecule has 0 aliphatic rings. The second kappa shape index (κ2) is 5.49. The van der Waals surface area contributed by atoms with Gasteiger partial charge in [-0.1, -0.05) is 5.92 Å². The van der Waals surface area contributed by atoms with Crippen molar-refractivity contribution < 1.29 is 9.18 Å². The quantitative estimate of drug-likeness (QED) is 0.588. The Morgan fingerprint density at radius 3 is 2.65 bits per heavy atom. The van der Waals surface area contributed by atoms with Gasteiger partial charge < -0.3 is 4.90 Å². The number of hydrogen-bond acceptors (Lipinski definition) is 2.